The van der Waals surface area contributed by atoms with E-state index in [1.165, 1.54) is 32.6 Å². The summed E-state index contributed by atoms with van der Waals surface area (Å²) in [4.78, 5) is 3.40. The zero-order valence-corrected chi connectivity index (χ0v) is 17.8. The standard InChI is InChI=1S/C22H24N2S.C2H6/c1-23-22-20-9-5-4-8-18(20)12-15-21(22)25-16-6-7-17-10-13-19(14-11-17)24(2)3;1-2/h4-15,23H,16H2,1-3H3;1-2H3/b7-6+;. The Morgan fingerprint density at radius 1 is 0.926 bits per heavy atom. The smallest absolute Gasteiger partial charge is 0.0555 e. The van der Waals surface area contributed by atoms with Crippen molar-refractivity contribution < 1.29 is 0 Å². The molecule has 0 atom stereocenters. The van der Waals surface area contributed by atoms with Crippen LogP contribution in [0.5, 0.6) is 0 Å². The number of thioether (sulfide) groups is 1. The molecule has 142 valence electrons. The molecule has 0 bridgehead atoms. The van der Waals surface area contributed by atoms with E-state index in [0.29, 0.717) is 0 Å². The second-order valence-corrected chi connectivity index (χ2v) is 7.17. The summed E-state index contributed by atoms with van der Waals surface area (Å²) in [5.74, 6) is 0.947. The van der Waals surface area contributed by atoms with Crippen LogP contribution in [0.3, 0.4) is 0 Å². The predicted molar refractivity (Wildman–Crippen MR) is 125 cm³/mol. The predicted octanol–water partition coefficient (Wildman–Crippen LogP) is 6.78. The van der Waals surface area contributed by atoms with Crippen LogP contribution in [0.25, 0.3) is 16.8 Å². The molecule has 0 fully saturated rings. The van der Waals surface area contributed by atoms with Crippen LogP contribution < -0.4 is 10.2 Å². The van der Waals surface area contributed by atoms with Crippen LogP contribution in [0, 0.1) is 0 Å². The van der Waals surface area contributed by atoms with Crippen LogP contribution in [-0.4, -0.2) is 26.9 Å². The van der Waals surface area contributed by atoms with Crippen molar-refractivity contribution in [3.63, 3.8) is 0 Å². The lowest BCUT2D eigenvalue weighted by atomic mass is 10.1. The number of anilines is 2. The summed E-state index contributed by atoms with van der Waals surface area (Å²) in [6, 6.07) is 21.5. The SMILES string of the molecule is CC.CNc1c(SC/C=C/c2ccc(N(C)C)cc2)ccc2ccccc12. The van der Waals surface area contributed by atoms with E-state index in [9.17, 15) is 0 Å². The van der Waals surface area contributed by atoms with Crippen LogP contribution in [0.15, 0.2) is 71.6 Å². The highest BCUT2D eigenvalue weighted by molar-refractivity contribution is 7.99. The Hall–Kier alpha value is -2.39. The Morgan fingerprint density at radius 3 is 2.30 bits per heavy atom. The second kappa shape index (κ2) is 10.7. The number of hydrogen-bond acceptors (Lipinski definition) is 3. The van der Waals surface area contributed by atoms with Gasteiger partial charge in [0.25, 0.3) is 0 Å². The minimum absolute atomic E-state index is 0.947. The molecule has 3 rings (SSSR count). The Morgan fingerprint density at radius 2 is 1.63 bits per heavy atom. The number of benzene rings is 3. The first kappa shape index (κ1) is 20.9. The molecule has 0 amide bonds. The third kappa shape index (κ3) is 5.54. The molecule has 0 aliphatic heterocycles. The van der Waals surface area contributed by atoms with Gasteiger partial charge < -0.3 is 10.2 Å². The van der Waals surface area contributed by atoms with Crippen molar-refractivity contribution in [1.29, 1.82) is 0 Å². The first-order valence-corrected chi connectivity index (χ1v) is 10.4. The van der Waals surface area contributed by atoms with Gasteiger partial charge in [-0.05, 0) is 29.1 Å². The zero-order valence-electron chi connectivity index (χ0n) is 17.0. The van der Waals surface area contributed by atoms with E-state index in [2.05, 4.69) is 97.1 Å². The van der Waals surface area contributed by atoms with Crippen LogP contribution >= 0.6 is 11.8 Å². The van der Waals surface area contributed by atoms with Crippen molar-refractivity contribution in [1.82, 2.24) is 0 Å². The van der Waals surface area contributed by atoms with Crippen molar-refractivity contribution in [3.8, 4) is 0 Å². The minimum Gasteiger partial charge on any atom is -0.387 e. The summed E-state index contributed by atoms with van der Waals surface area (Å²) in [5, 5.41) is 5.91. The molecule has 0 aliphatic carbocycles. The molecule has 3 aromatic rings. The lowest BCUT2D eigenvalue weighted by Crippen LogP contribution is -2.07. The fourth-order valence-corrected chi connectivity index (χ4v) is 3.73. The molecule has 2 nitrogen and oxygen atoms in total. The van der Waals surface area contributed by atoms with Crippen LogP contribution in [0.2, 0.25) is 0 Å². The summed E-state index contributed by atoms with van der Waals surface area (Å²) >= 11 is 1.86. The van der Waals surface area contributed by atoms with Crippen LogP contribution in [-0.2, 0) is 0 Å². The Balaban J connectivity index is 0.00000126. The third-order valence-electron chi connectivity index (χ3n) is 4.20. The number of nitrogens with one attached hydrogen (secondary N) is 1. The largest absolute Gasteiger partial charge is 0.387 e. The van der Waals surface area contributed by atoms with E-state index in [1.54, 1.807) is 0 Å². The van der Waals surface area contributed by atoms with E-state index in [4.69, 9.17) is 0 Å². The molecule has 0 saturated carbocycles. The van der Waals surface area contributed by atoms with E-state index in [-0.39, 0.29) is 0 Å². The summed E-state index contributed by atoms with van der Waals surface area (Å²) in [6.07, 6.45) is 4.41. The lowest BCUT2D eigenvalue weighted by molar-refractivity contribution is 1.13. The molecule has 0 saturated heterocycles. The van der Waals surface area contributed by atoms with Gasteiger partial charge >= 0.3 is 0 Å². The molecular weight excluding hydrogens is 348 g/mol. The summed E-state index contributed by atoms with van der Waals surface area (Å²) in [5.41, 5.74) is 3.67. The summed E-state index contributed by atoms with van der Waals surface area (Å²) in [7, 11) is 6.11. The van der Waals surface area contributed by atoms with Crippen molar-refractivity contribution in [2.24, 2.45) is 0 Å². The minimum atomic E-state index is 0.947. The van der Waals surface area contributed by atoms with Crippen LogP contribution in [0.4, 0.5) is 11.4 Å². The molecule has 0 radical (unpaired) electrons. The molecule has 0 spiro atoms. The van der Waals surface area contributed by atoms with Crippen molar-refractivity contribution in [3.05, 3.63) is 72.3 Å². The van der Waals surface area contributed by atoms with Gasteiger partial charge in [0.1, 0.15) is 0 Å². The third-order valence-corrected chi connectivity index (χ3v) is 5.21. The van der Waals surface area contributed by atoms with Gasteiger partial charge in [0.15, 0.2) is 0 Å². The molecule has 3 aromatic carbocycles. The van der Waals surface area contributed by atoms with Gasteiger partial charge in [-0.25, -0.2) is 0 Å². The fourth-order valence-electron chi connectivity index (χ4n) is 2.84. The number of fused-ring (bicyclic) bond motifs is 1. The average Bonchev–Trinajstić information content (AvgIpc) is 2.72. The monoisotopic (exact) mass is 378 g/mol. The van der Waals surface area contributed by atoms with Crippen molar-refractivity contribution in [2.75, 3.05) is 37.1 Å². The van der Waals surface area contributed by atoms with E-state index in [0.717, 1.165) is 5.75 Å². The number of nitrogens with zero attached hydrogens (tertiary/aromatic N) is 1. The van der Waals surface area contributed by atoms with Crippen molar-refractivity contribution >= 4 is 40.0 Å². The van der Waals surface area contributed by atoms with Gasteiger partial charge in [-0.15, -0.1) is 11.8 Å². The quantitative estimate of drug-likeness (QED) is 0.476. The van der Waals surface area contributed by atoms with Gasteiger partial charge in [0.2, 0.25) is 0 Å². The van der Waals surface area contributed by atoms with Gasteiger partial charge in [0, 0.05) is 42.9 Å². The molecule has 27 heavy (non-hydrogen) atoms. The maximum Gasteiger partial charge on any atom is 0.0555 e. The highest BCUT2D eigenvalue weighted by Gasteiger charge is 2.05. The van der Waals surface area contributed by atoms with Gasteiger partial charge in [-0.3, -0.25) is 0 Å². The second-order valence-electron chi connectivity index (χ2n) is 6.11. The first-order valence-electron chi connectivity index (χ1n) is 9.45. The lowest BCUT2D eigenvalue weighted by Gasteiger charge is -2.12. The molecule has 0 heterocycles. The van der Waals surface area contributed by atoms with Gasteiger partial charge in [-0.2, -0.15) is 0 Å². The van der Waals surface area contributed by atoms with Crippen molar-refractivity contribution in [2.45, 2.75) is 18.7 Å². The normalized spacial score (nSPS) is 10.6. The molecule has 0 aliphatic rings. The molecular formula is C24H30N2S. The fraction of sp³-hybridized carbons (Fsp3) is 0.250. The topological polar surface area (TPSA) is 15.3 Å². The molecule has 0 unspecified atom stereocenters. The molecule has 1 N–H and O–H groups in total. The highest BCUT2D eigenvalue weighted by atomic mass is 32.2. The first-order chi connectivity index (χ1) is 13.2. The Bertz CT molecular complexity index is 867. The maximum absolute atomic E-state index is 3.36. The highest BCUT2D eigenvalue weighted by Crippen LogP contribution is 2.34. The van der Waals surface area contributed by atoms with Gasteiger partial charge in [0.05, 0.1) is 5.69 Å². The van der Waals surface area contributed by atoms with E-state index < -0.39 is 0 Å². The van der Waals surface area contributed by atoms with Gasteiger partial charge in [-0.1, -0.05) is 68.5 Å². The van der Waals surface area contributed by atoms with E-state index in [1.807, 2.05) is 32.7 Å². The summed E-state index contributed by atoms with van der Waals surface area (Å²) < 4.78 is 0. The molecule has 3 heteroatoms. The van der Waals surface area contributed by atoms with E-state index >= 15 is 0 Å². The average molecular weight is 379 g/mol. The number of rotatable bonds is 6. The Kier molecular flexibility index (Phi) is 8.28. The van der Waals surface area contributed by atoms with Crippen LogP contribution in [0.1, 0.15) is 19.4 Å². The number of hydrogen-bond donors (Lipinski definition) is 1. The molecule has 0 aromatic heterocycles. The zero-order chi connectivity index (χ0) is 19.6. The maximum atomic E-state index is 3.36. The Labute approximate surface area is 168 Å². The summed E-state index contributed by atoms with van der Waals surface area (Å²) in [6.45, 7) is 4.00.